The Labute approximate surface area is 128 Å². The average Bonchev–Trinajstić information content (AvgIpc) is 3.05. The Morgan fingerprint density at radius 3 is 2.53 bits per heavy atom. The van der Waals surface area contributed by atoms with Gasteiger partial charge in [-0.1, -0.05) is 6.42 Å². The molecule has 1 aromatic heterocycles. The van der Waals surface area contributed by atoms with Crippen molar-refractivity contribution in [2.45, 2.75) is 50.4 Å². The molecule has 1 aromatic rings. The molecule has 0 aliphatic heterocycles. The number of anilines is 1. The fourth-order valence-corrected chi connectivity index (χ4v) is 4.95. The van der Waals surface area contributed by atoms with Crippen LogP contribution in [0.1, 0.15) is 61.9 Å². The van der Waals surface area contributed by atoms with Crippen molar-refractivity contribution < 1.29 is 0 Å². The van der Waals surface area contributed by atoms with Crippen LogP contribution >= 0.6 is 22.6 Å². The molecule has 102 valence electrons. The highest BCUT2D eigenvalue weighted by molar-refractivity contribution is 14.1. The van der Waals surface area contributed by atoms with Gasteiger partial charge in [-0.2, -0.15) is 0 Å². The van der Waals surface area contributed by atoms with Gasteiger partial charge in [0.1, 0.15) is 11.6 Å². The molecule has 0 radical (unpaired) electrons. The first-order valence-corrected chi connectivity index (χ1v) is 8.59. The lowest BCUT2D eigenvalue weighted by atomic mass is 9.88. The second-order valence-corrected chi connectivity index (χ2v) is 7.51. The highest BCUT2D eigenvalue weighted by Gasteiger charge is 2.42. The third-order valence-corrected chi connectivity index (χ3v) is 6.23. The van der Waals surface area contributed by atoms with Crippen molar-refractivity contribution in [2.24, 2.45) is 11.8 Å². The molecule has 1 N–H and O–H groups in total. The van der Waals surface area contributed by atoms with Crippen LogP contribution in [0.5, 0.6) is 0 Å². The maximum atomic E-state index is 4.99. The van der Waals surface area contributed by atoms with Gasteiger partial charge in [0.2, 0.25) is 0 Å². The van der Waals surface area contributed by atoms with Crippen molar-refractivity contribution in [1.82, 2.24) is 9.97 Å². The SMILES string of the molecule is CNc1nc(C2CC3CCC2C3)nc(C2CC2)c1I. The van der Waals surface area contributed by atoms with Gasteiger partial charge < -0.3 is 5.32 Å². The van der Waals surface area contributed by atoms with Crippen molar-refractivity contribution in [1.29, 1.82) is 0 Å². The van der Waals surface area contributed by atoms with Crippen molar-refractivity contribution >= 4 is 28.4 Å². The van der Waals surface area contributed by atoms with E-state index < -0.39 is 0 Å². The van der Waals surface area contributed by atoms with Crippen LogP contribution < -0.4 is 5.32 Å². The quantitative estimate of drug-likeness (QED) is 0.822. The second kappa shape index (κ2) is 4.57. The van der Waals surface area contributed by atoms with Crippen LogP contribution in [0.4, 0.5) is 5.82 Å². The first-order valence-electron chi connectivity index (χ1n) is 7.51. The fraction of sp³-hybridized carbons (Fsp3) is 0.733. The summed E-state index contributed by atoms with van der Waals surface area (Å²) in [5.41, 5.74) is 1.32. The molecule has 3 nitrogen and oxygen atoms in total. The van der Waals surface area contributed by atoms with E-state index >= 15 is 0 Å². The molecule has 0 amide bonds. The van der Waals surface area contributed by atoms with Gasteiger partial charge in [0.25, 0.3) is 0 Å². The van der Waals surface area contributed by atoms with E-state index in [1.807, 2.05) is 7.05 Å². The highest BCUT2D eigenvalue weighted by atomic mass is 127. The van der Waals surface area contributed by atoms with Gasteiger partial charge in [-0.05, 0) is 66.5 Å². The van der Waals surface area contributed by atoms with Crippen LogP contribution in [0.15, 0.2) is 0 Å². The van der Waals surface area contributed by atoms with Crippen LogP contribution in [0.3, 0.4) is 0 Å². The molecule has 3 aliphatic rings. The number of nitrogens with zero attached hydrogens (tertiary/aromatic N) is 2. The van der Waals surface area contributed by atoms with Crippen molar-refractivity contribution in [3.05, 3.63) is 15.1 Å². The van der Waals surface area contributed by atoms with Gasteiger partial charge in [0.05, 0.1) is 9.26 Å². The smallest absolute Gasteiger partial charge is 0.143 e. The molecule has 19 heavy (non-hydrogen) atoms. The number of rotatable bonds is 3. The zero-order valence-corrected chi connectivity index (χ0v) is 13.5. The lowest BCUT2D eigenvalue weighted by Crippen LogP contribution is -2.15. The highest BCUT2D eigenvalue weighted by Crippen LogP contribution is 2.53. The predicted molar refractivity (Wildman–Crippen MR) is 84.5 cm³/mol. The Balaban J connectivity index is 1.73. The largest absolute Gasteiger partial charge is 0.372 e. The molecule has 1 heterocycles. The molecule has 2 bridgehead atoms. The summed E-state index contributed by atoms with van der Waals surface area (Å²) in [6.07, 6.45) is 8.23. The molecule has 3 atom stereocenters. The van der Waals surface area contributed by atoms with Crippen LogP contribution in [0.25, 0.3) is 0 Å². The summed E-state index contributed by atoms with van der Waals surface area (Å²) in [5, 5.41) is 3.27. The van der Waals surface area contributed by atoms with Crippen LogP contribution in [-0.4, -0.2) is 17.0 Å². The monoisotopic (exact) mass is 369 g/mol. The third kappa shape index (κ3) is 2.06. The minimum Gasteiger partial charge on any atom is -0.372 e. The summed E-state index contributed by atoms with van der Waals surface area (Å²) in [7, 11) is 1.98. The number of aromatic nitrogens is 2. The third-order valence-electron chi connectivity index (χ3n) is 5.16. The van der Waals surface area contributed by atoms with Crippen LogP contribution in [-0.2, 0) is 0 Å². The standard InChI is InChI=1S/C15H20IN3/c1-17-15-12(16)13(9-4-5-9)18-14(19-15)11-7-8-2-3-10(11)6-8/h8-11H,2-7H2,1H3,(H,17,18,19). The van der Waals surface area contributed by atoms with E-state index in [2.05, 4.69) is 27.9 Å². The van der Waals surface area contributed by atoms with Gasteiger partial charge in [-0.3, -0.25) is 0 Å². The van der Waals surface area contributed by atoms with Crippen molar-refractivity contribution in [2.75, 3.05) is 12.4 Å². The number of hydrogen-bond acceptors (Lipinski definition) is 3. The van der Waals surface area contributed by atoms with E-state index in [1.165, 1.54) is 47.8 Å². The Hall–Kier alpha value is -0.390. The van der Waals surface area contributed by atoms with Gasteiger partial charge in [-0.15, -0.1) is 0 Å². The summed E-state index contributed by atoms with van der Waals surface area (Å²) < 4.78 is 1.24. The lowest BCUT2D eigenvalue weighted by Gasteiger charge is -2.22. The summed E-state index contributed by atoms with van der Waals surface area (Å²) >= 11 is 2.41. The predicted octanol–water partition coefficient (Wildman–Crippen LogP) is 3.90. The zero-order chi connectivity index (χ0) is 13.0. The maximum absolute atomic E-state index is 4.99. The van der Waals surface area contributed by atoms with Gasteiger partial charge in [0, 0.05) is 18.9 Å². The van der Waals surface area contributed by atoms with E-state index in [9.17, 15) is 0 Å². The summed E-state index contributed by atoms with van der Waals surface area (Å²) in [4.78, 5) is 9.82. The fourth-order valence-electron chi connectivity index (χ4n) is 4.00. The van der Waals surface area contributed by atoms with Gasteiger partial charge in [0.15, 0.2) is 0 Å². The summed E-state index contributed by atoms with van der Waals surface area (Å²) in [6.45, 7) is 0. The summed E-state index contributed by atoms with van der Waals surface area (Å²) in [6, 6.07) is 0. The van der Waals surface area contributed by atoms with E-state index in [0.29, 0.717) is 11.8 Å². The topological polar surface area (TPSA) is 37.8 Å². The molecule has 0 spiro atoms. The minimum absolute atomic E-state index is 0.639. The Morgan fingerprint density at radius 2 is 1.95 bits per heavy atom. The molecule has 3 fully saturated rings. The lowest BCUT2D eigenvalue weighted by molar-refractivity contribution is 0.404. The average molecular weight is 369 g/mol. The molecule has 3 aliphatic carbocycles. The number of nitrogens with one attached hydrogen (secondary N) is 1. The molecule has 4 heteroatoms. The molecule has 0 saturated heterocycles. The van der Waals surface area contributed by atoms with E-state index in [0.717, 1.165) is 23.5 Å². The Kier molecular flexibility index (Phi) is 2.97. The Morgan fingerprint density at radius 1 is 1.11 bits per heavy atom. The minimum atomic E-state index is 0.639. The van der Waals surface area contributed by atoms with E-state index in [4.69, 9.17) is 9.97 Å². The van der Waals surface area contributed by atoms with E-state index in [1.54, 1.807) is 0 Å². The number of halogens is 1. The molecule has 3 unspecified atom stereocenters. The molecular formula is C15H20IN3. The first-order chi connectivity index (χ1) is 9.26. The zero-order valence-electron chi connectivity index (χ0n) is 11.3. The van der Waals surface area contributed by atoms with Gasteiger partial charge >= 0.3 is 0 Å². The van der Waals surface area contributed by atoms with Crippen LogP contribution in [0.2, 0.25) is 0 Å². The Bertz CT molecular complexity index is 512. The second-order valence-electron chi connectivity index (χ2n) is 6.44. The van der Waals surface area contributed by atoms with Crippen LogP contribution in [0, 0.1) is 15.4 Å². The number of fused-ring (bicyclic) bond motifs is 2. The maximum Gasteiger partial charge on any atom is 0.143 e. The molecular weight excluding hydrogens is 349 g/mol. The molecule has 0 aromatic carbocycles. The van der Waals surface area contributed by atoms with Gasteiger partial charge in [-0.25, -0.2) is 9.97 Å². The normalized spacial score (nSPS) is 32.8. The van der Waals surface area contributed by atoms with E-state index in [-0.39, 0.29) is 0 Å². The summed E-state index contributed by atoms with van der Waals surface area (Å²) in [5.74, 6) is 5.36. The molecule has 4 rings (SSSR count). The molecule has 3 saturated carbocycles. The number of hydrogen-bond donors (Lipinski definition) is 1. The van der Waals surface area contributed by atoms with Crippen molar-refractivity contribution in [3.8, 4) is 0 Å². The first kappa shape index (κ1) is 12.4. The van der Waals surface area contributed by atoms with Crippen molar-refractivity contribution in [3.63, 3.8) is 0 Å².